The second kappa shape index (κ2) is 9.49. The third-order valence-electron chi connectivity index (χ3n) is 6.80. The zero-order chi connectivity index (χ0) is 22.9. The second-order valence-corrected chi connectivity index (χ2v) is 10.4. The number of morpholine rings is 1. The number of hydrogen-bond donors (Lipinski definition) is 1. The van der Waals surface area contributed by atoms with Gasteiger partial charge in [-0.25, -0.2) is 0 Å². The van der Waals surface area contributed by atoms with Crippen LogP contribution in [0.5, 0.6) is 0 Å². The Labute approximate surface area is 202 Å². The highest BCUT2D eigenvalue weighted by atomic mass is 35.5. The van der Waals surface area contributed by atoms with E-state index in [0.717, 1.165) is 34.3 Å². The molecule has 1 saturated heterocycles. The summed E-state index contributed by atoms with van der Waals surface area (Å²) in [7, 11) is 0. The molecule has 2 N–H and O–H groups in total. The first-order valence-electron chi connectivity index (χ1n) is 11.6. The van der Waals surface area contributed by atoms with Gasteiger partial charge in [0.25, 0.3) is 5.91 Å². The summed E-state index contributed by atoms with van der Waals surface area (Å²) in [6, 6.07) is 9.70. The minimum Gasteiger partial charge on any atom is -0.378 e. The number of benzene rings is 1. The normalized spacial score (nSPS) is 17.5. The molecule has 0 spiro atoms. The number of halogens is 1. The fraction of sp³-hybridized carbons (Fsp3) is 0.440. The summed E-state index contributed by atoms with van der Waals surface area (Å²) in [4.78, 5) is 27.8. The Hall–Kier alpha value is -2.35. The van der Waals surface area contributed by atoms with Crippen molar-refractivity contribution in [3.8, 4) is 11.3 Å². The molecule has 2 aromatic heterocycles. The van der Waals surface area contributed by atoms with Crippen molar-refractivity contribution in [1.29, 1.82) is 0 Å². The molecule has 2 fully saturated rings. The van der Waals surface area contributed by atoms with E-state index in [1.807, 2.05) is 35.2 Å². The summed E-state index contributed by atoms with van der Waals surface area (Å²) in [5.41, 5.74) is 9.93. The Morgan fingerprint density at radius 1 is 1.09 bits per heavy atom. The van der Waals surface area contributed by atoms with Gasteiger partial charge in [-0.2, -0.15) is 0 Å². The number of thiophene rings is 1. The van der Waals surface area contributed by atoms with Crippen LogP contribution in [-0.4, -0.2) is 47.6 Å². The first kappa shape index (κ1) is 22.4. The SMILES string of the molecule is NC(=O)c1cc2c(s1)c(C1CCCCC1)c(-c1ccc(Cl)cc1)n2CC(=O)N1CCOCC1. The monoisotopic (exact) mass is 485 g/mol. The molecule has 1 aliphatic heterocycles. The second-order valence-electron chi connectivity index (χ2n) is 8.87. The zero-order valence-electron chi connectivity index (χ0n) is 18.5. The summed E-state index contributed by atoms with van der Waals surface area (Å²) in [6.07, 6.45) is 5.86. The van der Waals surface area contributed by atoms with E-state index in [9.17, 15) is 9.59 Å². The largest absolute Gasteiger partial charge is 0.378 e. The molecule has 33 heavy (non-hydrogen) atoms. The molecule has 8 heteroatoms. The summed E-state index contributed by atoms with van der Waals surface area (Å²) >= 11 is 7.65. The van der Waals surface area contributed by atoms with Gasteiger partial charge in [-0.15, -0.1) is 11.3 Å². The summed E-state index contributed by atoms with van der Waals surface area (Å²) in [6.45, 7) is 2.55. The van der Waals surface area contributed by atoms with Crippen LogP contribution in [0, 0.1) is 0 Å². The number of fused-ring (bicyclic) bond motifs is 1. The van der Waals surface area contributed by atoms with Crippen molar-refractivity contribution in [2.45, 2.75) is 44.6 Å². The van der Waals surface area contributed by atoms with Crippen molar-refractivity contribution in [3.05, 3.63) is 45.8 Å². The topological polar surface area (TPSA) is 77.6 Å². The molecule has 0 bridgehead atoms. The standard InChI is InChI=1S/C25H28ClN3O3S/c26-18-8-6-17(7-9-18)23-22(16-4-2-1-3-5-16)24-19(14-20(33-24)25(27)31)29(23)15-21(30)28-10-12-32-13-11-28/h6-9,14,16H,1-5,10-13,15H2,(H2,27,31). The number of rotatable bonds is 5. The van der Waals surface area contributed by atoms with Crippen molar-refractivity contribution < 1.29 is 14.3 Å². The Morgan fingerprint density at radius 3 is 2.45 bits per heavy atom. The molecule has 1 aliphatic carbocycles. The molecular formula is C25H28ClN3O3S. The quantitative estimate of drug-likeness (QED) is 0.550. The van der Waals surface area contributed by atoms with E-state index in [-0.39, 0.29) is 12.5 Å². The van der Waals surface area contributed by atoms with Gasteiger partial charge >= 0.3 is 0 Å². The predicted octanol–water partition coefficient (Wildman–Crippen LogP) is 5.03. The van der Waals surface area contributed by atoms with E-state index in [1.54, 1.807) is 0 Å². The molecule has 2 aliphatic rings. The van der Waals surface area contributed by atoms with Crippen LogP contribution in [0.4, 0.5) is 0 Å². The van der Waals surface area contributed by atoms with E-state index in [4.69, 9.17) is 22.1 Å². The molecule has 0 atom stereocenters. The van der Waals surface area contributed by atoms with Gasteiger partial charge in [0.2, 0.25) is 5.91 Å². The predicted molar refractivity (Wildman–Crippen MR) is 132 cm³/mol. The zero-order valence-corrected chi connectivity index (χ0v) is 20.1. The molecular weight excluding hydrogens is 458 g/mol. The summed E-state index contributed by atoms with van der Waals surface area (Å²) in [5.74, 6) is 0.0309. The van der Waals surface area contributed by atoms with Gasteiger partial charge in [0.15, 0.2) is 0 Å². The van der Waals surface area contributed by atoms with Crippen molar-refractivity contribution in [3.63, 3.8) is 0 Å². The highest BCUT2D eigenvalue weighted by Gasteiger charge is 2.30. The molecule has 0 unspecified atom stereocenters. The van der Waals surface area contributed by atoms with E-state index in [0.29, 0.717) is 42.1 Å². The Kier molecular flexibility index (Phi) is 6.45. The average Bonchev–Trinajstić information content (AvgIpc) is 3.39. The molecule has 3 heterocycles. The number of primary amides is 1. The summed E-state index contributed by atoms with van der Waals surface area (Å²) < 4.78 is 8.60. The maximum Gasteiger partial charge on any atom is 0.258 e. The number of nitrogens with zero attached hydrogens (tertiary/aromatic N) is 2. The van der Waals surface area contributed by atoms with Gasteiger partial charge in [-0.1, -0.05) is 43.0 Å². The number of aromatic nitrogens is 1. The number of nitrogens with two attached hydrogens (primary N) is 1. The maximum atomic E-state index is 13.3. The molecule has 174 valence electrons. The van der Waals surface area contributed by atoms with Crippen LogP contribution in [-0.2, 0) is 16.1 Å². The molecule has 0 radical (unpaired) electrons. The maximum absolute atomic E-state index is 13.3. The van der Waals surface area contributed by atoms with Crippen molar-refractivity contribution in [1.82, 2.24) is 9.47 Å². The number of hydrogen-bond acceptors (Lipinski definition) is 4. The molecule has 5 rings (SSSR count). The third-order valence-corrected chi connectivity index (χ3v) is 8.23. The Morgan fingerprint density at radius 2 is 1.79 bits per heavy atom. The third kappa shape index (κ3) is 4.42. The number of amides is 2. The van der Waals surface area contributed by atoms with Crippen LogP contribution in [0.15, 0.2) is 30.3 Å². The first-order chi connectivity index (χ1) is 16.0. The first-order valence-corrected chi connectivity index (χ1v) is 12.8. The van der Waals surface area contributed by atoms with Crippen LogP contribution < -0.4 is 5.73 Å². The smallest absolute Gasteiger partial charge is 0.258 e. The fourth-order valence-corrected chi connectivity index (χ4v) is 6.44. The van der Waals surface area contributed by atoms with Gasteiger partial charge in [0.05, 0.1) is 34.0 Å². The highest BCUT2D eigenvalue weighted by Crippen LogP contribution is 2.46. The van der Waals surface area contributed by atoms with Crippen molar-refractivity contribution in [2.75, 3.05) is 26.3 Å². The van der Waals surface area contributed by atoms with Crippen LogP contribution in [0.3, 0.4) is 0 Å². The number of carbonyl (C=O) groups is 2. The van der Waals surface area contributed by atoms with Gasteiger partial charge in [0.1, 0.15) is 6.54 Å². The van der Waals surface area contributed by atoms with Crippen LogP contribution in [0.1, 0.15) is 53.3 Å². The van der Waals surface area contributed by atoms with Crippen LogP contribution in [0.2, 0.25) is 5.02 Å². The van der Waals surface area contributed by atoms with Crippen molar-refractivity contribution in [2.24, 2.45) is 5.73 Å². The average molecular weight is 486 g/mol. The van der Waals surface area contributed by atoms with Gasteiger partial charge in [-0.05, 0) is 48.1 Å². The van der Waals surface area contributed by atoms with Gasteiger partial charge < -0.3 is 19.9 Å². The minimum atomic E-state index is -0.426. The minimum absolute atomic E-state index is 0.0624. The Bertz CT molecular complexity index is 1170. The van der Waals surface area contributed by atoms with Gasteiger partial charge in [0, 0.05) is 18.1 Å². The van der Waals surface area contributed by atoms with Gasteiger partial charge in [-0.3, -0.25) is 9.59 Å². The molecule has 3 aromatic rings. The highest BCUT2D eigenvalue weighted by molar-refractivity contribution is 7.21. The lowest BCUT2D eigenvalue weighted by molar-refractivity contribution is -0.135. The Balaban J connectivity index is 1.69. The lowest BCUT2D eigenvalue weighted by atomic mass is 9.83. The lowest BCUT2D eigenvalue weighted by Crippen LogP contribution is -2.42. The van der Waals surface area contributed by atoms with Crippen LogP contribution in [0.25, 0.3) is 21.5 Å². The number of carbonyl (C=O) groups excluding carboxylic acids is 2. The number of ether oxygens (including phenoxy) is 1. The van der Waals surface area contributed by atoms with Crippen molar-refractivity contribution >= 4 is 45.0 Å². The van der Waals surface area contributed by atoms with E-state index in [1.165, 1.54) is 36.2 Å². The van der Waals surface area contributed by atoms with Crippen LogP contribution >= 0.6 is 22.9 Å². The fourth-order valence-electron chi connectivity index (χ4n) is 5.17. The molecule has 1 aromatic carbocycles. The molecule has 2 amide bonds. The summed E-state index contributed by atoms with van der Waals surface area (Å²) in [5, 5.41) is 0.679. The molecule has 1 saturated carbocycles. The van der Waals surface area contributed by atoms with E-state index in [2.05, 4.69) is 4.57 Å². The molecule has 6 nitrogen and oxygen atoms in total. The lowest BCUT2D eigenvalue weighted by Gasteiger charge is -2.28. The van der Waals surface area contributed by atoms with E-state index < -0.39 is 5.91 Å². The van der Waals surface area contributed by atoms with E-state index >= 15 is 0 Å².